The predicted octanol–water partition coefficient (Wildman–Crippen LogP) is 2.99. The van der Waals surface area contributed by atoms with Crippen LogP contribution in [0.25, 0.3) is 0 Å². The maximum atomic E-state index is 11.6. The molecule has 0 aliphatic rings. The smallest absolute Gasteiger partial charge is 0.756 e. The van der Waals surface area contributed by atoms with E-state index in [0.29, 0.717) is 0 Å². The topological polar surface area (TPSA) is 58.6 Å². The van der Waals surface area contributed by atoms with Crippen LogP contribution in [0.5, 0.6) is 0 Å². The van der Waals surface area contributed by atoms with Crippen LogP contribution in [-0.4, -0.2) is 13.2 Å². The van der Waals surface area contributed by atoms with E-state index in [2.05, 4.69) is 13.8 Å². The Morgan fingerprint density at radius 2 is 0.917 bits per heavy atom. The van der Waals surface area contributed by atoms with Crippen molar-refractivity contribution in [2.75, 3.05) is 13.2 Å². The molecule has 0 heterocycles. The molecular formula is C18H38NaO4P. The monoisotopic (exact) mass is 372 g/mol. The maximum absolute atomic E-state index is 11.6. The van der Waals surface area contributed by atoms with Gasteiger partial charge in [0, 0.05) is 0 Å². The Morgan fingerprint density at radius 3 is 1.25 bits per heavy atom. The second kappa shape index (κ2) is 20.4. The first-order valence-electron chi connectivity index (χ1n) is 9.72. The van der Waals surface area contributed by atoms with Gasteiger partial charge in [-0.1, -0.05) is 90.9 Å². The van der Waals surface area contributed by atoms with Crippen molar-refractivity contribution in [2.45, 2.75) is 104 Å². The minimum atomic E-state index is -4.07. The van der Waals surface area contributed by atoms with Crippen LogP contribution in [0.1, 0.15) is 104 Å². The van der Waals surface area contributed by atoms with E-state index in [9.17, 15) is 9.46 Å². The van der Waals surface area contributed by atoms with Gasteiger partial charge in [0.05, 0.1) is 13.2 Å². The molecule has 0 aromatic carbocycles. The summed E-state index contributed by atoms with van der Waals surface area (Å²) in [6.45, 7) is 4.91. The molecule has 0 amide bonds. The molecular weight excluding hydrogens is 334 g/mol. The summed E-state index contributed by atoms with van der Waals surface area (Å²) in [6.07, 6.45) is 16.1. The molecule has 0 rings (SSSR count). The van der Waals surface area contributed by atoms with E-state index in [4.69, 9.17) is 9.05 Å². The number of hydrogen-bond donors (Lipinski definition) is 0. The standard InChI is InChI=1S/C18H39O4P.Na/c1-3-5-7-9-11-12-14-16-18-22-23(19,20)21-17-15-13-10-8-6-4-2;/h3-18H2,1-2H3,(H,19,20);/q;+1/p-1. The first-order chi connectivity index (χ1) is 11.1. The average Bonchev–Trinajstić information content (AvgIpc) is 2.52. The summed E-state index contributed by atoms with van der Waals surface area (Å²) in [4.78, 5) is 11.6. The third kappa shape index (κ3) is 21.2. The van der Waals surface area contributed by atoms with Crippen molar-refractivity contribution in [3.05, 3.63) is 0 Å². The van der Waals surface area contributed by atoms with Gasteiger partial charge in [-0.2, -0.15) is 0 Å². The van der Waals surface area contributed by atoms with Crippen molar-refractivity contribution in [2.24, 2.45) is 0 Å². The Bertz CT molecular complexity index is 290. The average molecular weight is 372 g/mol. The molecule has 1 unspecified atom stereocenters. The zero-order valence-electron chi connectivity index (χ0n) is 16.4. The van der Waals surface area contributed by atoms with E-state index in [1.54, 1.807) is 0 Å². The summed E-state index contributed by atoms with van der Waals surface area (Å²) < 4.78 is 21.3. The molecule has 140 valence electrons. The Labute approximate surface area is 172 Å². The quantitative estimate of drug-likeness (QED) is 0.211. The molecule has 0 aromatic heterocycles. The molecule has 6 heteroatoms. The third-order valence-electron chi connectivity index (χ3n) is 3.99. The normalized spacial score (nSPS) is 13.5. The molecule has 4 nitrogen and oxygen atoms in total. The second-order valence-electron chi connectivity index (χ2n) is 6.36. The summed E-state index contributed by atoms with van der Waals surface area (Å²) in [5, 5.41) is 0. The van der Waals surface area contributed by atoms with Gasteiger partial charge in [0.1, 0.15) is 0 Å². The summed E-state index contributed by atoms with van der Waals surface area (Å²) >= 11 is 0. The van der Waals surface area contributed by atoms with Crippen molar-refractivity contribution in [3.63, 3.8) is 0 Å². The fourth-order valence-electron chi connectivity index (χ4n) is 2.51. The van der Waals surface area contributed by atoms with E-state index in [1.165, 1.54) is 51.4 Å². The Morgan fingerprint density at radius 1 is 0.625 bits per heavy atom. The Kier molecular flexibility index (Phi) is 23.3. The Balaban J connectivity index is 0. The van der Waals surface area contributed by atoms with E-state index < -0.39 is 7.82 Å². The van der Waals surface area contributed by atoms with Crippen molar-refractivity contribution >= 4 is 7.82 Å². The number of unbranched alkanes of at least 4 members (excludes halogenated alkanes) is 12. The first kappa shape index (κ1) is 27.3. The van der Waals surface area contributed by atoms with Gasteiger partial charge in [0.15, 0.2) is 0 Å². The van der Waals surface area contributed by atoms with Crippen LogP contribution >= 0.6 is 7.82 Å². The molecule has 0 radical (unpaired) electrons. The van der Waals surface area contributed by atoms with Crippen LogP contribution in [0.15, 0.2) is 0 Å². The van der Waals surface area contributed by atoms with Gasteiger partial charge < -0.3 is 13.9 Å². The van der Waals surface area contributed by atoms with Crippen molar-refractivity contribution in [1.82, 2.24) is 0 Å². The van der Waals surface area contributed by atoms with Crippen molar-refractivity contribution < 1.29 is 48.1 Å². The molecule has 0 aromatic rings. The zero-order valence-corrected chi connectivity index (χ0v) is 19.3. The van der Waals surface area contributed by atoms with Crippen LogP contribution in [0.4, 0.5) is 0 Å². The fourth-order valence-corrected chi connectivity index (χ4v) is 3.29. The van der Waals surface area contributed by atoms with Gasteiger partial charge >= 0.3 is 29.6 Å². The molecule has 0 saturated heterocycles. The minimum Gasteiger partial charge on any atom is -0.756 e. The number of phosphoric acid groups is 1. The fraction of sp³-hybridized carbons (Fsp3) is 1.00. The van der Waals surface area contributed by atoms with Gasteiger partial charge in [-0.15, -0.1) is 0 Å². The molecule has 1 atom stereocenters. The molecule has 0 saturated carbocycles. The zero-order chi connectivity index (χ0) is 17.2. The SMILES string of the molecule is CCCCCCCCCCOP(=O)([O-])OCCCCCCCC.[Na+]. The van der Waals surface area contributed by atoms with Gasteiger partial charge in [-0.25, -0.2) is 0 Å². The van der Waals surface area contributed by atoms with Gasteiger partial charge in [-0.3, -0.25) is 4.57 Å². The summed E-state index contributed by atoms with van der Waals surface area (Å²) in [6, 6.07) is 0. The van der Waals surface area contributed by atoms with Crippen molar-refractivity contribution in [1.29, 1.82) is 0 Å². The Hall–Kier alpha value is 1.11. The van der Waals surface area contributed by atoms with Crippen LogP contribution in [-0.2, 0) is 13.6 Å². The van der Waals surface area contributed by atoms with E-state index >= 15 is 0 Å². The van der Waals surface area contributed by atoms with E-state index in [0.717, 1.165) is 38.5 Å². The van der Waals surface area contributed by atoms with Crippen LogP contribution in [0.3, 0.4) is 0 Å². The number of hydrogen-bond acceptors (Lipinski definition) is 4. The molecule has 0 N–H and O–H groups in total. The van der Waals surface area contributed by atoms with Crippen LogP contribution < -0.4 is 34.5 Å². The molecule has 24 heavy (non-hydrogen) atoms. The molecule has 0 fully saturated rings. The number of rotatable bonds is 18. The first-order valence-corrected chi connectivity index (χ1v) is 11.2. The number of phosphoric ester groups is 1. The molecule has 0 spiro atoms. The molecule has 0 aliphatic carbocycles. The minimum absolute atomic E-state index is 0. The van der Waals surface area contributed by atoms with Crippen LogP contribution in [0.2, 0.25) is 0 Å². The molecule has 0 bridgehead atoms. The summed E-state index contributed by atoms with van der Waals surface area (Å²) in [5.41, 5.74) is 0. The predicted molar refractivity (Wildman–Crippen MR) is 95.5 cm³/mol. The van der Waals surface area contributed by atoms with E-state index in [1.807, 2.05) is 0 Å². The van der Waals surface area contributed by atoms with E-state index in [-0.39, 0.29) is 42.8 Å². The van der Waals surface area contributed by atoms with Gasteiger partial charge in [0.25, 0.3) is 7.82 Å². The van der Waals surface area contributed by atoms with Gasteiger partial charge in [-0.05, 0) is 12.8 Å². The van der Waals surface area contributed by atoms with Crippen molar-refractivity contribution in [3.8, 4) is 0 Å². The molecule has 0 aliphatic heterocycles. The second-order valence-corrected chi connectivity index (χ2v) is 7.77. The largest absolute Gasteiger partial charge is 1.00 e. The summed E-state index contributed by atoms with van der Waals surface area (Å²) in [5.74, 6) is 0. The summed E-state index contributed by atoms with van der Waals surface area (Å²) in [7, 11) is -4.07. The third-order valence-corrected chi connectivity index (χ3v) is 4.99. The maximum Gasteiger partial charge on any atom is 1.00 e. The van der Waals surface area contributed by atoms with Gasteiger partial charge in [0.2, 0.25) is 0 Å². The van der Waals surface area contributed by atoms with Crippen LogP contribution in [0, 0.1) is 0 Å².